The fourth-order valence-electron chi connectivity index (χ4n) is 1.90. The Kier molecular flexibility index (Phi) is 4.74. The average Bonchev–Trinajstić information content (AvgIpc) is 2.49. The Labute approximate surface area is 122 Å². The second kappa shape index (κ2) is 6.53. The first-order valence-corrected chi connectivity index (χ1v) is 6.70. The molecule has 4 heteroatoms. The van der Waals surface area contributed by atoms with Gasteiger partial charge in [-0.15, -0.1) is 11.6 Å². The molecular formula is C16H15ClFNO. The lowest BCUT2D eigenvalue weighted by Crippen LogP contribution is -2.29. The minimum absolute atomic E-state index is 0.179. The molecule has 0 N–H and O–H groups in total. The van der Waals surface area contributed by atoms with Crippen LogP contribution in [0.5, 0.6) is 0 Å². The molecule has 1 amide bonds. The van der Waals surface area contributed by atoms with E-state index in [-0.39, 0.29) is 11.7 Å². The molecule has 2 nitrogen and oxygen atoms in total. The van der Waals surface area contributed by atoms with Crippen LogP contribution in [0, 0.1) is 5.82 Å². The standard InChI is InChI=1S/C16H15ClFNO/c1-19(11-12-7-9-14(18)10-8-12)16(20)15(17)13-5-3-2-4-6-13/h2-10,15H,11H2,1H3. The fraction of sp³-hybridized carbons (Fsp3) is 0.188. The van der Waals surface area contributed by atoms with Gasteiger partial charge in [0.25, 0.3) is 0 Å². The molecule has 0 aliphatic heterocycles. The van der Waals surface area contributed by atoms with Crippen LogP contribution in [0.15, 0.2) is 54.6 Å². The molecule has 0 aliphatic rings. The summed E-state index contributed by atoms with van der Waals surface area (Å²) < 4.78 is 12.8. The minimum atomic E-state index is -0.707. The van der Waals surface area contributed by atoms with Gasteiger partial charge in [-0.2, -0.15) is 0 Å². The van der Waals surface area contributed by atoms with Crippen molar-refractivity contribution < 1.29 is 9.18 Å². The van der Waals surface area contributed by atoms with Gasteiger partial charge in [-0.05, 0) is 23.3 Å². The van der Waals surface area contributed by atoms with Crippen molar-refractivity contribution >= 4 is 17.5 Å². The Morgan fingerprint density at radius 2 is 1.75 bits per heavy atom. The summed E-state index contributed by atoms with van der Waals surface area (Å²) in [6.45, 7) is 0.398. The molecule has 1 unspecified atom stereocenters. The van der Waals surface area contributed by atoms with Gasteiger partial charge in [0.1, 0.15) is 11.2 Å². The van der Waals surface area contributed by atoms with Crippen LogP contribution in [0.2, 0.25) is 0 Å². The monoisotopic (exact) mass is 291 g/mol. The third-order valence-corrected chi connectivity index (χ3v) is 3.46. The van der Waals surface area contributed by atoms with Gasteiger partial charge in [-0.3, -0.25) is 4.79 Å². The van der Waals surface area contributed by atoms with Crippen LogP contribution >= 0.6 is 11.6 Å². The highest BCUT2D eigenvalue weighted by Gasteiger charge is 2.21. The lowest BCUT2D eigenvalue weighted by Gasteiger charge is -2.20. The third-order valence-electron chi connectivity index (χ3n) is 3.02. The molecule has 2 aromatic rings. The Morgan fingerprint density at radius 3 is 2.35 bits per heavy atom. The maximum Gasteiger partial charge on any atom is 0.245 e. The number of nitrogens with zero attached hydrogens (tertiary/aromatic N) is 1. The summed E-state index contributed by atoms with van der Waals surface area (Å²) in [6, 6.07) is 15.3. The first kappa shape index (κ1) is 14.5. The van der Waals surface area contributed by atoms with E-state index >= 15 is 0 Å². The molecule has 0 aliphatic carbocycles. The normalized spacial score (nSPS) is 11.9. The number of carbonyl (C=O) groups excluding carboxylic acids is 1. The van der Waals surface area contributed by atoms with E-state index in [0.717, 1.165) is 11.1 Å². The van der Waals surface area contributed by atoms with E-state index in [0.29, 0.717) is 6.54 Å². The van der Waals surface area contributed by atoms with Gasteiger partial charge in [0.05, 0.1) is 0 Å². The predicted molar refractivity (Wildman–Crippen MR) is 77.9 cm³/mol. The Balaban J connectivity index is 2.03. The molecule has 0 radical (unpaired) electrons. The Hall–Kier alpha value is -1.87. The Morgan fingerprint density at radius 1 is 1.15 bits per heavy atom. The van der Waals surface area contributed by atoms with E-state index in [2.05, 4.69) is 0 Å². The largest absolute Gasteiger partial charge is 0.340 e. The topological polar surface area (TPSA) is 20.3 Å². The number of halogens is 2. The smallest absolute Gasteiger partial charge is 0.245 e. The maximum atomic E-state index is 12.8. The number of benzene rings is 2. The third kappa shape index (κ3) is 3.58. The summed E-state index contributed by atoms with van der Waals surface area (Å²) in [7, 11) is 1.68. The van der Waals surface area contributed by atoms with Crippen LogP contribution in [0.25, 0.3) is 0 Å². The fourth-order valence-corrected chi connectivity index (χ4v) is 2.21. The van der Waals surface area contributed by atoms with E-state index in [9.17, 15) is 9.18 Å². The highest BCUT2D eigenvalue weighted by atomic mass is 35.5. The summed E-state index contributed by atoms with van der Waals surface area (Å²) in [5.74, 6) is -0.468. The van der Waals surface area contributed by atoms with Crippen molar-refractivity contribution in [3.05, 3.63) is 71.5 Å². The molecule has 1 atom stereocenters. The van der Waals surface area contributed by atoms with Crippen molar-refractivity contribution in [1.29, 1.82) is 0 Å². The van der Waals surface area contributed by atoms with Crippen LogP contribution < -0.4 is 0 Å². The molecular weight excluding hydrogens is 277 g/mol. The first-order valence-electron chi connectivity index (χ1n) is 6.26. The zero-order chi connectivity index (χ0) is 14.5. The van der Waals surface area contributed by atoms with Crippen LogP contribution in [-0.4, -0.2) is 17.9 Å². The molecule has 0 heterocycles. The number of amides is 1. The number of hydrogen-bond donors (Lipinski definition) is 0. The van der Waals surface area contributed by atoms with Gasteiger partial charge in [0, 0.05) is 13.6 Å². The highest BCUT2D eigenvalue weighted by Crippen LogP contribution is 2.22. The number of alkyl halides is 1. The van der Waals surface area contributed by atoms with E-state index < -0.39 is 5.38 Å². The number of likely N-dealkylation sites (N-methyl/N-ethyl adjacent to an activating group) is 1. The molecule has 0 spiro atoms. The van der Waals surface area contributed by atoms with Crippen LogP contribution in [0.3, 0.4) is 0 Å². The molecule has 0 aromatic heterocycles. The number of rotatable bonds is 4. The van der Waals surface area contributed by atoms with Crippen LogP contribution in [0.4, 0.5) is 4.39 Å². The van der Waals surface area contributed by atoms with Crippen molar-refractivity contribution in [1.82, 2.24) is 4.90 Å². The van der Waals surface area contributed by atoms with Crippen molar-refractivity contribution in [3.8, 4) is 0 Å². The molecule has 0 saturated heterocycles. The van der Waals surface area contributed by atoms with Crippen molar-refractivity contribution in [3.63, 3.8) is 0 Å². The molecule has 20 heavy (non-hydrogen) atoms. The number of carbonyl (C=O) groups is 1. The summed E-state index contributed by atoms with van der Waals surface area (Å²) in [6.07, 6.45) is 0. The molecule has 2 rings (SSSR count). The molecule has 104 valence electrons. The minimum Gasteiger partial charge on any atom is -0.340 e. The summed E-state index contributed by atoms with van der Waals surface area (Å²) in [5, 5.41) is -0.707. The van der Waals surface area contributed by atoms with Crippen molar-refractivity contribution in [2.24, 2.45) is 0 Å². The van der Waals surface area contributed by atoms with E-state index in [1.54, 1.807) is 19.2 Å². The zero-order valence-corrected chi connectivity index (χ0v) is 11.8. The van der Waals surface area contributed by atoms with Crippen molar-refractivity contribution in [2.45, 2.75) is 11.9 Å². The predicted octanol–water partition coefficient (Wildman–Crippen LogP) is 3.76. The molecule has 0 saturated carbocycles. The lowest BCUT2D eigenvalue weighted by atomic mass is 10.1. The van der Waals surface area contributed by atoms with Gasteiger partial charge in [0.2, 0.25) is 5.91 Å². The average molecular weight is 292 g/mol. The molecule has 0 bridgehead atoms. The van der Waals surface area contributed by atoms with Gasteiger partial charge in [-0.25, -0.2) is 4.39 Å². The van der Waals surface area contributed by atoms with E-state index in [1.807, 2.05) is 30.3 Å². The van der Waals surface area contributed by atoms with Gasteiger partial charge >= 0.3 is 0 Å². The van der Waals surface area contributed by atoms with Crippen LogP contribution in [-0.2, 0) is 11.3 Å². The first-order chi connectivity index (χ1) is 9.58. The van der Waals surface area contributed by atoms with E-state index in [1.165, 1.54) is 17.0 Å². The van der Waals surface area contributed by atoms with Gasteiger partial charge in [0.15, 0.2) is 0 Å². The Bertz CT molecular complexity index is 571. The summed E-state index contributed by atoms with van der Waals surface area (Å²) in [5.41, 5.74) is 1.63. The van der Waals surface area contributed by atoms with Gasteiger partial charge < -0.3 is 4.90 Å². The SMILES string of the molecule is CN(Cc1ccc(F)cc1)C(=O)C(Cl)c1ccccc1. The highest BCUT2D eigenvalue weighted by molar-refractivity contribution is 6.30. The number of hydrogen-bond acceptors (Lipinski definition) is 1. The second-order valence-corrected chi connectivity index (χ2v) is 5.03. The summed E-state index contributed by atoms with van der Waals surface area (Å²) >= 11 is 6.19. The summed E-state index contributed by atoms with van der Waals surface area (Å²) in [4.78, 5) is 13.8. The quantitative estimate of drug-likeness (QED) is 0.785. The van der Waals surface area contributed by atoms with Gasteiger partial charge in [-0.1, -0.05) is 42.5 Å². The maximum absolute atomic E-state index is 12.8. The zero-order valence-electron chi connectivity index (χ0n) is 11.1. The lowest BCUT2D eigenvalue weighted by molar-refractivity contribution is -0.130. The van der Waals surface area contributed by atoms with E-state index in [4.69, 9.17) is 11.6 Å². The molecule has 2 aromatic carbocycles. The molecule has 0 fully saturated rings. The van der Waals surface area contributed by atoms with Crippen molar-refractivity contribution in [2.75, 3.05) is 7.05 Å². The second-order valence-electron chi connectivity index (χ2n) is 4.59. The van der Waals surface area contributed by atoms with Crippen LogP contribution in [0.1, 0.15) is 16.5 Å².